The number of nitrogens with zero attached hydrogens (tertiary/aromatic N) is 2. The third-order valence-corrected chi connectivity index (χ3v) is 4.35. The molecule has 0 N–H and O–H groups in total. The first kappa shape index (κ1) is 14.8. The lowest BCUT2D eigenvalue weighted by atomic mass is 9.89. The number of benzene rings is 1. The van der Waals surface area contributed by atoms with Gasteiger partial charge in [-0.05, 0) is 30.9 Å². The molecule has 22 heavy (non-hydrogen) atoms. The van der Waals surface area contributed by atoms with Crippen LogP contribution in [-0.4, -0.2) is 9.13 Å². The third-order valence-electron chi connectivity index (χ3n) is 4.35. The van der Waals surface area contributed by atoms with Crippen molar-refractivity contribution in [3.8, 4) is 5.69 Å². The van der Waals surface area contributed by atoms with E-state index >= 15 is 0 Å². The SMILES string of the molecule is O=c1c(=O)n(-c2ccccc2F)ccn1CC1CCCCC1. The molecule has 3 rings (SSSR count). The predicted molar refractivity (Wildman–Crippen MR) is 82.8 cm³/mol. The maximum atomic E-state index is 13.8. The van der Waals surface area contributed by atoms with Gasteiger partial charge < -0.3 is 4.57 Å². The molecule has 0 bridgehead atoms. The van der Waals surface area contributed by atoms with Crippen molar-refractivity contribution in [3.05, 3.63) is 63.2 Å². The standard InChI is InChI=1S/C17H19FN2O2/c18-14-8-4-5-9-15(14)20-11-10-19(16(21)17(20)22)12-13-6-2-1-3-7-13/h4-5,8-11,13H,1-3,6-7,12H2. The van der Waals surface area contributed by atoms with E-state index in [0.29, 0.717) is 12.5 Å². The molecule has 1 saturated carbocycles. The van der Waals surface area contributed by atoms with Crippen molar-refractivity contribution in [2.24, 2.45) is 5.92 Å². The van der Waals surface area contributed by atoms with Gasteiger partial charge in [-0.1, -0.05) is 31.4 Å². The van der Waals surface area contributed by atoms with Crippen molar-refractivity contribution in [2.45, 2.75) is 38.6 Å². The van der Waals surface area contributed by atoms with Gasteiger partial charge in [0.25, 0.3) is 0 Å². The summed E-state index contributed by atoms with van der Waals surface area (Å²) in [6.45, 7) is 0.576. The second-order valence-corrected chi connectivity index (χ2v) is 5.89. The fourth-order valence-corrected chi connectivity index (χ4v) is 3.14. The van der Waals surface area contributed by atoms with Crippen LogP contribution in [0.4, 0.5) is 4.39 Å². The normalized spacial score (nSPS) is 15.9. The fourth-order valence-electron chi connectivity index (χ4n) is 3.14. The Bertz CT molecular complexity index is 773. The molecule has 1 aromatic carbocycles. The molecular formula is C17H19FN2O2. The number of aromatic nitrogens is 2. The van der Waals surface area contributed by atoms with E-state index in [4.69, 9.17) is 0 Å². The first-order chi connectivity index (χ1) is 10.7. The van der Waals surface area contributed by atoms with Crippen molar-refractivity contribution in [1.29, 1.82) is 0 Å². The molecule has 0 amide bonds. The van der Waals surface area contributed by atoms with Crippen molar-refractivity contribution >= 4 is 0 Å². The number of rotatable bonds is 3. The highest BCUT2D eigenvalue weighted by molar-refractivity contribution is 5.33. The summed E-state index contributed by atoms with van der Waals surface area (Å²) in [5.41, 5.74) is -1.19. The summed E-state index contributed by atoms with van der Waals surface area (Å²) in [6.07, 6.45) is 8.89. The van der Waals surface area contributed by atoms with Crippen LogP contribution in [0.3, 0.4) is 0 Å². The topological polar surface area (TPSA) is 44.0 Å². The molecule has 1 aliphatic carbocycles. The Labute approximate surface area is 127 Å². The Morgan fingerprint density at radius 1 is 1.00 bits per heavy atom. The summed E-state index contributed by atoms with van der Waals surface area (Å²) in [5.74, 6) is -0.0656. The Balaban J connectivity index is 1.94. The average Bonchev–Trinajstić information content (AvgIpc) is 2.54. The zero-order chi connectivity index (χ0) is 15.5. The Kier molecular flexibility index (Phi) is 4.22. The van der Waals surface area contributed by atoms with Gasteiger partial charge in [-0.25, -0.2) is 4.39 Å². The van der Waals surface area contributed by atoms with Crippen molar-refractivity contribution < 1.29 is 4.39 Å². The van der Waals surface area contributed by atoms with E-state index < -0.39 is 16.9 Å². The summed E-state index contributed by atoms with van der Waals surface area (Å²) in [6, 6.07) is 5.95. The Morgan fingerprint density at radius 3 is 2.45 bits per heavy atom. The molecule has 5 heteroatoms. The Hall–Kier alpha value is -2.17. The second kappa shape index (κ2) is 6.30. The lowest BCUT2D eigenvalue weighted by Gasteiger charge is -2.22. The molecule has 1 fully saturated rings. The van der Waals surface area contributed by atoms with Crippen LogP contribution < -0.4 is 11.1 Å². The number of hydrogen-bond acceptors (Lipinski definition) is 2. The quantitative estimate of drug-likeness (QED) is 0.818. The van der Waals surface area contributed by atoms with Crippen molar-refractivity contribution in [2.75, 3.05) is 0 Å². The van der Waals surface area contributed by atoms with Gasteiger partial charge in [0.15, 0.2) is 0 Å². The number of halogens is 1. The first-order valence-electron chi connectivity index (χ1n) is 7.74. The smallest absolute Gasteiger partial charge is 0.309 e. The van der Waals surface area contributed by atoms with E-state index in [2.05, 4.69) is 0 Å². The molecule has 2 aromatic rings. The van der Waals surface area contributed by atoms with Gasteiger partial charge in [0.05, 0.1) is 5.69 Å². The minimum atomic E-state index is -0.705. The minimum absolute atomic E-state index is 0.106. The minimum Gasteiger partial charge on any atom is -0.309 e. The number of para-hydroxylation sites is 1. The van der Waals surface area contributed by atoms with Gasteiger partial charge >= 0.3 is 11.1 Å². The molecule has 0 aliphatic heterocycles. The van der Waals surface area contributed by atoms with Gasteiger partial charge in [-0.2, -0.15) is 0 Å². The summed E-state index contributed by atoms with van der Waals surface area (Å²) >= 11 is 0. The van der Waals surface area contributed by atoms with Gasteiger partial charge in [-0.15, -0.1) is 0 Å². The molecule has 0 spiro atoms. The van der Waals surface area contributed by atoms with Crippen LogP contribution in [0.25, 0.3) is 5.69 Å². The van der Waals surface area contributed by atoms with E-state index in [1.54, 1.807) is 18.3 Å². The highest BCUT2D eigenvalue weighted by Gasteiger charge is 2.16. The molecule has 0 radical (unpaired) electrons. The Morgan fingerprint density at radius 2 is 1.73 bits per heavy atom. The van der Waals surface area contributed by atoms with E-state index in [1.165, 1.54) is 42.2 Å². The zero-order valence-electron chi connectivity index (χ0n) is 12.4. The van der Waals surface area contributed by atoms with E-state index in [0.717, 1.165) is 17.4 Å². The van der Waals surface area contributed by atoms with Gasteiger partial charge in [0.1, 0.15) is 5.82 Å². The number of hydrogen-bond donors (Lipinski definition) is 0. The summed E-state index contributed by atoms with van der Waals surface area (Å²) in [5, 5.41) is 0. The predicted octanol–water partition coefficient (Wildman–Crippen LogP) is 2.72. The molecular weight excluding hydrogens is 283 g/mol. The van der Waals surface area contributed by atoms with Crippen LogP contribution in [0.15, 0.2) is 46.2 Å². The second-order valence-electron chi connectivity index (χ2n) is 5.89. The molecule has 1 aliphatic rings. The van der Waals surface area contributed by atoms with Crippen LogP contribution in [0, 0.1) is 11.7 Å². The van der Waals surface area contributed by atoms with Crippen molar-refractivity contribution in [3.63, 3.8) is 0 Å². The molecule has 0 atom stereocenters. The summed E-state index contributed by atoms with van der Waals surface area (Å²) in [7, 11) is 0. The van der Waals surface area contributed by atoms with Crippen LogP contribution in [0.2, 0.25) is 0 Å². The van der Waals surface area contributed by atoms with Crippen LogP contribution in [0.5, 0.6) is 0 Å². The zero-order valence-corrected chi connectivity index (χ0v) is 12.4. The first-order valence-corrected chi connectivity index (χ1v) is 7.74. The van der Waals surface area contributed by atoms with Crippen LogP contribution in [0.1, 0.15) is 32.1 Å². The summed E-state index contributed by atoms with van der Waals surface area (Å²) < 4.78 is 16.3. The fraction of sp³-hybridized carbons (Fsp3) is 0.412. The van der Waals surface area contributed by atoms with E-state index in [-0.39, 0.29) is 5.69 Å². The van der Waals surface area contributed by atoms with Crippen LogP contribution in [-0.2, 0) is 6.54 Å². The highest BCUT2D eigenvalue weighted by Crippen LogP contribution is 2.24. The maximum absolute atomic E-state index is 13.8. The lowest BCUT2D eigenvalue weighted by Crippen LogP contribution is -2.41. The van der Waals surface area contributed by atoms with Crippen molar-refractivity contribution in [1.82, 2.24) is 9.13 Å². The van der Waals surface area contributed by atoms with Gasteiger partial charge in [-0.3, -0.25) is 14.2 Å². The largest absolute Gasteiger partial charge is 0.321 e. The molecule has 4 nitrogen and oxygen atoms in total. The maximum Gasteiger partial charge on any atom is 0.321 e. The highest BCUT2D eigenvalue weighted by atomic mass is 19.1. The monoisotopic (exact) mass is 302 g/mol. The molecule has 1 heterocycles. The van der Waals surface area contributed by atoms with Gasteiger partial charge in [0, 0.05) is 18.9 Å². The van der Waals surface area contributed by atoms with E-state index in [1.807, 2.05) is 0 Å². The van der Waals surface area contributed by atoms with E-state index in [9.17, 15) is 14.0 Å². The molecule has 0 unspecified atom stereocenters. The lowest BCUT2D eigenvalue weighted by molar-refractivity contribution is 0.315. The molecule has 1 aromatic heterocycles. The molecule has 0 saturated heterocycles. The molecule has 116 valence electrons. The summed E-state index contributed by atoms with van der Waals surface area (Å²) in [4.78, 5) is 24.5. The van der Waals surface area contributed by atoms with Gasteiger partial charge in [0.2, 0.25) is 0 Å². The van der Waals surface area contributed by atoms with Crippen LogP contribution >= 0.6 is 0 Å². The average molecular weight is 302 g/mol. The third kappa shape index (κ3) is 2.89.